The third-order valence-corrected chi connectivity index (χ3v) is 8.75. The Hall–Kier alpha value is -2.63. The molecule has 6 heteroatoms. The van der Waals surface area contributed by atoms with Gasteiger partial charge in [0.15, 0.2) is 5.60 Å². The molecule has 0 aromatic heterocycles. The minimum atomic E-state index is -0.939. The second kappa shape index (κ2) is 6.93. The van der Waals surface area contributed by atoms with Crippen LogP contribution in [0.25, 0.3) is 0 Å². The second-order valence-corrected chi connectivity index (χ2v) is 10.1. The van der Waals surface area contributed by atoms with E-state index in [9.17, 15) is 14.4 Å². The zero-order valence-electron chi connectivity index (χ0n) is 19.1. The first kappa shape index (κ1) is 21.2. The van der Waals surface area contributed by atoms with Crippen LogP contribution in [0.2, 0.25) is 0 Å². The number of hydrogen-bond donors (Lipinski definition) is 0. The molecular weight excluding hydrogens is 408 g/mol. The highest BCUT2D eigenvalue weighted by Gasteiger charge is 2.78. The summed E-state index contributed by atoms with van der Waals surface area (Å²) >= 11 is 0. The highest BCUT2D eigenvalue weighted by molar-refractivity contribution is 5.71. The lowest BCUT2D eigenvalue weighted by atomic mass is 9.48. The van der Waals surface area contributed by atoms with E-state index in [1.54, 1.807) is 0 Å². The molecule has 2 fully saturated rings. The number of hydrogen-bond acceptors (Lipinski definition) is 6. The van der Waals surface area contributed by atoms with E-state index >= 15 is 0 Å². The Labute approximate surface area is 188 Å². The molecule has 0 amide bonds. The average molecular weight is 439 g/mol. The summed E-state index contributed by atoms with van der Waals surface area (Å²) in [6.45, 7) is 6.46. The minimum absolute atomic E-state index is 0.233. The number of fused-ring (bicyclic) bond motifs is 3. The van der Waals surface area contributed by atoms with E-state index < -0.39 is 11.7 Å². The molecule has 0 N–H and O–H groups in total. The van der Waals surface area contributed by atoms with Crippen LogP contribution in [0.5, 0.6) is 5.75 Å². The van der Waals surface area contributed by atoms with Crippen molar-refractivity contribution < 1.29 is 28.6 Å². The topological polar surface area (TPSA) is 78.9 Å². The molecule has 6 nitrogen and oxygen atoms in total. The van der Waals surface area contributed by atoms with Crippen LogP contribution in [0.4, 0.5) is 0 Å². The lowest BCUT2D eigenvalue weighted by molar-refractivity contribution is -0.188. The van der Waals surface area contributed by atoms with Crippen LogP contribution in [0, 0.1) is 16.7 Å². The Morgan fingerprint density at radius 1 is 1.00 bits per heavy atom. The van der Waals surface area contributed by atoms with Crippen LogP contribution in [-0.2, 0) is 30.3 Å². The highest BCUT2D eigenvalue weighted by Crippen LogP contribution is 2.76. The van der Waals surface area contributed by atoms with Gasteiger partial charge in [0.05, 0.1) is 0 Å². The number of allylic oxidation sites excluding steroid dienone is 1. The molecule has 0 unspecified atom stereocenters. The van der Waals surface area contributed by atoms with Crippen molar-refractivity contribution in [3.63, 3.8) is 0 Å². The molecule has 170 valence electrons. The van der Waals surface area contributed by atoms with Gasteiger partial charge in [0.25, 0.3) is 0 Å². The molecule has 4 aliphatic carbocycles. The number of ether oxygens (including phenoxy) is 3. The number of rotatable bonds is 3. The first-order valence-corrected chi connectivity index (χ1v) is 11.5. The zero-order chi connectivity index (χ0) is 22.9. The zero-order valence-corrected chi connectivity index (χ0v) is 19.1. The Balaban J connectivity index is 1.61. The minimum Gasteiger partial charge on any atom is -0.458 e. The van der Waals surface area contributed by atoms with Crippen LogP contribution in [0.15, 0.2) is 30.4 Å². The van der Waals surface area contributed by atoms with Gasteiger partial charge < -0.3 is 14.2 Å². The number of benzene rings is 1. The summed E-state index contributed by atoms with van der Waals surface area (Å²) in [5, 5.41) is 0. The fourth-order valence-corrected chi connectivity index (χ4v) is 7.70. The maximum Gasteiger partial charge on any atom is 0.308 e. The molecule has 4 aliphatic rings. The van der Waals surface area contributed by atoms with E-state index in [2.05, 4.69) is 19.1 Å². The summed E-state index contributed by atoms with van der Waals surface area (Å²) in [6.07, 6.45) is 7.99. The second-order valence-electron chi connectivity index (χ2n) is 10.1. The van der Waals surface area contributed by atoms with Crippen LogP contribution in [0.1, 0.15) is 70.4 Å². The summed E-state index contributed by atoms with van der Waals surface area (Å²) in [4.78, 5) is 35.9. The van der Waals surface area contributed by atoms with Gasteiger partial charge in [-0.3, -0.25) is 14.4 Å². The van der Waals surface area contributed by atoms with Crippen molar-refractivity contribution >= 4 is 17.9 Å². The average Bonchev–Trinajstić information content (AvgIpc) is 3.07. The first-order chi connectivity index (χ1) is 15.1. The quantitative estimate of drug-likeness (QED) is 0.399. The van der Waals surface area contributed by atoms with Crippen LogP contribution in [-0.4, -0.2) is 29.6 Å². The molecular formula is C26H30O6. The number of carbonyl (C=O) groups excluding carboxylic acids is 3. The van der Waals surface area contributed by atoms with E-state index in [0.717, 1.165) is 31.2 Å². The van der Waals surface area contributed by atoms with Crippen molar-refractivity contribution in [2.45, 2.75) is 77.4 Å². The monoisotopic (exact) mass is 438 g/mol. The van der Waals surface area contributed by atoms with Crippen LogP contribution >= 0.6 is 0 Å². The van der Waals surface area contributed by atoms with E-state index in [1.165, 1.54) is 26.3 Å². The molecule has 2 saturated carbocycles. The summed E-state index contributed by atoms with van der Waals surface area (Å²) in [5.41, 5.74) is 0.829. The largest absolute Gasteiger partial charge is 0.458 e. The fourth-order valence-electron chi connectivity index (χ4n) is 7.70. The molecule has 0 aliphatic heterocycles. The number of esters is 3. The molecule has 1 aromatic rings. The van der Waals surface area contributed by atoms with E-state index in [0.29, 0.717) is 12.2 Å². The van der Waals surface area contributed by atoms with E-state index in [4.69, 9.17) is 14.2 Å². The lowest BCUT2D eigenvalue weighted by Gasteiger charge is -2.56. The van der Waals surface area contributed by atoms with Crippen molar-refractivity contribution in [2.24, 2.45) is 16.7 Å². The van der Waals surface area contributed by atoms with Gasteiger partial charge in [-0.1, -0.05) is 25.1 Å². The predicted octanol–water partition coefficient (Wildman–Crippen LogP) is 4.25. The number of carbonyl (C=O) groups is 3. The molecule has 2 bridgehead atoms. The lowest BCUT2D eigenvalue weighted by Crippen LogP contribution is -2.56. The molecule has 0 spiro atoms. The fraction of sp³-hybridized carbons (Fsp3) is 0.577. The molecule has 0 heterocycles. The van der Waals surface area contributed by atoms with Gasteiger partial charge in [0, 0.05) is 37.2 Å². The van der Waals surface area contributed by atoms with Crippen molar-refractivity contribution in [2.75, 3.05) is 0 Å². The summed E-state index contributed by atoms with van der Waals surface area (Å²) in [5.74, 6) is 0.133. The van der Waals surface area contributed by atoms with Crippen molar-refractivity contribution in [3.05, 3.63) is 41.5 Å². The maximum absolute atomic E-state index is 12.2. The van der Waals surface area contributed by atoms with Crippen LogP contribution < -0.4 is 4.74 Å². The summed E-state index contributed by atoms with van der Waals surface area (Å²) in [6, 6.07) is 5.97. The summed E-state index contributed by atoms with van der Waals surface area (Å²) in [7, 11) is 0. The maximum atomic E-state index is 12.2. The van der Waals surface area contributed by atoms with Crippen molar-refractivity contribution in [1.82, 2.24) is 0 Å². The normalized spacial score (nSPS) is 38.3. The van der Waals surface area contributed by atoms with Crippen molar-refractivity contribution in [3.8, 4) is 5.75 Å². The smallest absolute Gasteiger partial charge is 0.308 e. The van der Waals surface area contributed by atoms with Gasteiger partial charge in [-0.25, -0.2) is 0 Å². The Bertz CT molecular complexity index is 1040. The third-order valence-electron chi connectivity index (χ3n) is 8.75. The highest BCUT2D eigenvalue weighted by atomic mass is 16.6. The number of aryl methyl sites for hydroxylation is 1. The van der Waals surface area contributed by atoms with Gasteiger partial charge in [0.1, 0.15) is 11.9 Å². The first-order valence-electron chi connectivity index (χ1n) is 11.5. The van der Waals surface area contributed by atoms with Crippen molar-refractivity contribution in [1.29, 1.82) is 0 Å². The van der Waals surface area contributed by atoms with Crippen LogP contribution in [0.3, 0.4) is 0 Å². The molecule has 0 radical (unpaired) electrons. The van der Waals surface area contributed by atoms with Gasteiger partial charge in [-0.15, -0.1) is 0 Å². The Morgan fingerprint density at radius 2 is 1.78 bits per heavy atom. The Kier molecular flexibility index (Phi) is 4.60. The van der Waals surface area contributed by atoms with E-state index in [-0.39, 0.29) is 40.6 Å². The van der Waals surface area contributed by atoms with Gasteiger partial charge in [-0.05, 0) is 61.6 Å². The summed E-state index contributed by atoms with van der Waals surface area (Å²) < 4.78 is 17.4. The third kappa shape index (κ3) is 2.61. The molecule has 0 saturated heterocycles. The standard InChI is InChI=1S/C26H30O6/c1-15(27)30-21-7-5-6-18-8-9-20-19(23(18)21)10-11-24(4)25(20)12-13-26(24,32-17(3)29)22(14-25)31-16(2)28/h5-7,12-13,19-20,22H,8-11,14H2,1-4H3/t19-,20+,22-,24-,25-,26-/m0/s1. The molecule has 5 rings (SSSR count). The van der Waals surface area contributed by atoms with Gasteiger partial charge >= 0.3 is 17.9 Å². The molecule has 1 aromatic carbocycles. The SMILES string of the molecule is CC(=O)Oc1cccc2c1[C@H]1CC[C@@]3(C)[C@]4(C=C[C@]3(OC(C)=O)[C@@H](OC(C)=O)C4)[C@@H]1CC2. The molecule has 6 atom stereocenters. The van der Waals surface area contributed by atoms with Gasteiger partial charge in [0.2, 0.25) is 0 Å². The van der Waals surface area contributed by atoms with Gasteiger partial charge in [-0.2, -0.15) is 0 Å². The molecule has 32 heavy (non-hydrogen) atoms. The van der Waals surface area contributed by atoms with E-state index in [1.807, 2.05) is 18.2 Å². The Morgan fingerprint density at radius 3 is 2.47 bits per heavy atom. The predicted molar refractivity (Wildman–Crippen MR) is 116 cm³/mol.